The average molecular weight is 342 g/mol. The molecule has 2 rings (SSSR count). The largest absolute Gasteiger partial charge is 0.497 e. The molecular formula is C19H22N2O4. The zero-order valence-corrected chi connectivity index (χ0v) is 14.5. The van der Waals surface area contributed by atoms with Crippen LogP contribution in [0.4, 0.5) is 5.69 Å². The lowest BCUT2D eigenvalue weighted by Gasteiger charge is -2.14. The third-order valence-electron chi connectivity index (χ3n) is 3.31. The lowest BCUT2D eigenvalue weighted by Crippen LogP contribution is -2.35. The summed E-state index contributed by atoms with van der Waals surface area (Å²) in [5, 5.41) is 5.14. The fraction of sp³-hybridized carbons (Fsp3) is 0.263. The highest BCUT2D eigenvalue weighted by Gasteiger charge is 2.15. The number of methoxy groups -OCH3 is 1. The second kappa shape index (κ2) is 8.73. The SMILES string of the molecule is COc1cccc(NC(=O)C(=O)NCc2ccccc2OC(C)C)c1. The van der Waals surface area contributed by atoms with Gasteiger partial charge in [-0.05, 0) is 32.0 Å². The summed E-state index contributed by atoms with van der Waals surface area (Å²) in [6.45, 7) is 4.06. The van der Waals surface area contributed by atoms with Gasteiger partial charge in [0.05, 0.1) is 13.2 Å². The van der Waals surface area contributed by atoms with Crippen LogP contribution < -0.4 is 20.1 Å². The number of carbonyl (C=O) groups excluding carboxylic acids is 2. The highest BCUT2D eigenvalue weighted by atomic mass is 16.5. The number of anilines is 1. The van der Waals surface area contributed by atoms with Gasteiger partial charge in [0, 0.05) is 23.9 Å². The van der Waals surface area contributed by atoms with Crippen LogP contribution in [0.2, 0.25) is 0 Å². The smallest absolute Gasteiger partial charge is 0.313 e. The van der Waals surface area contributed by atoms with Crippen molar-refractivity contribution in [1.82, 2.24) is 5.32 Å². The number of para-hydroxylation sites is 1. The minimum absolute atomic E-state index is 0.0215. The van der Waals surface area contributed by atoms with Crippen LogP contribution in [-0.4, -0.2) is 25.0 Å². The van der Waals surface area contributed by atoms with E-state index in [0.29, 0.717) is 17.2 Å². The maximum atomic E-state index is 12.0. The quantitative estimate of drug-likeness (QED) is 0.792. The summed E-state index contributed by atoms with van der Waals surface area (Å²) in [4.78, 5) is 24.0. The zero-order chi connectivity index (χ0) is 18.2. The van der Waals surface area contributed by atoms with E-state index in [1.165, 1.54) is 7.11 Å². The predicted molar refractivity (Wildman–Crippen MR) is 95.7 cm³/mol. The van der Waals surface area contributed by atoms with E-state index in [1.54, 1.807) is 24.3 Å². The number of benzene rings is 2. The van der Waals surface area contributed by atoms with Gasteiger partial charge in [0.25, 0.3) is 0 Å². The van der Waals surface area contributed by atoms with Crippen molar-refractivity contribution in [2.75, 3.05) is 12.4 Å². The van der Waals surface area contributed by atoms with Crippen molar-refractivity contribution in [1.29, 1.82) is 0 Å². The fourth-order valence-corrected chi connectivity index (χ4v) is 2.16. The van der Waals surface area contributed by atoms with Crippen LogP contribution in [-0.2, 0) is 16.1 Å². The first-order valence-corrected chi connectivity index (χ1v) is 7.97. The first kappa shape index (κ1) is 18.3. The molecule has 0 saturated carbocycles. The summed E-state index contributed by atoms with van der Waals surface area (Å²) in [6, 6.07) is 14.2. The Labute approximate surface area is 147 Å². The van der Waals surface area contributed by atoms with E-state index in [9.17, 15) is 9.59 Å². The van der Waals surface area contributed by atoms with Crippen molar-refractivity contribution in [3.05, 3.63) is 54.1 Å². The first-order chi connectivity index (χ1) is 12.0. The monoisotopic (exact) mass is 342 g/mol. The van der Waals surface area contributed by atoms with Crippen LogP contribution in [0.5, 0.6) is 11.5 Å². The van der Waals surface area contributed by atoms with Crippen LogP contribution in [0.25, 0.3) is 0 Å². The Morgan fingerprint density at radius 2 is 1.80 bits per heavy atom. The van der Waals surface area contributed by atoms with Crippen LogP contribution in [0.15, 0.2) is 48.5 Å². The molecule has 2 aromatic carbocycles. The topological polar surface area (TPSA) is 76.7 Å². The summed E-state index contributed by atoms with van der Waals surface area (Å²) in [7, 11) is 1.53. The van der Waals surface area contributed by atoms with Gasteiger partial charge in [-0.1, -0.05) is 24.3 Å². The maximum Gasteiger partial charge on any atom is 0.313 e. The normalized spacial score (nSPS) is 10.2. The van der Waals surface area contributed by atoms with Gasteiger partial charge in [-0.25, -0.2) is 0 Å². The van der Waals surface area contributed by atoms with Crippen molar-refractivity contribution < 1.29 is 19.1 Å². The van der Waals surface area contributed by atoms with Crippen molar-refractivity contribution in [3.63, 3.8) is 0 Å². The summed E-state index contributed by atoms with van der Waals surface area (Å²) in [5.74, 6) is -0.179. The molecule has 0 radical (unpaired) electrons. The van der Waals surface area contributed by atoms with Gasteiger partial charge in [-0.2, -0.15) is 0 Å². The summed E-state index contributed by atoms with van der Waals surface area (Å²) in [5.41, 5.74) is 1.29. The molecule has 0 aromatic heterocycles. The molecule has 0 unspecified atom stereocenters. The zero-order valence-electron chi connectivity index (χ0n) is 14.5. The molecule has 0 spiro atoms. The lowest BCUT2D eigenvalue weighted by atomic mass is 10.2. The van der Waals surface area contributed by atoms with Crippen LogP contribution in [0.3, 0.4) is 0 Å². The van der Waals surface area contributed by atoms with E-state index >= 15 is 0 Å². The minimum Gasteiger partial charge on any atom is -0.497 e. The number of hydrogen-bond acceptors (Lipinski definition) is 4. The van der Waals surface area contributed by atoms with E-state index < -0.39 is 11.8 Å². The molecule has 2 amide bonds. The molecule has 0 aliphatic heterocycles. The Bertz CT molecular complexity index is 744. The third kappa shape index (κ3) is 5.53. The Morgan fingerprint density at radius 1 is 1.04 bits per heavy atom. The highest BCUT2D eigenvalue weighted by Crippen LogP contribution is 2.19. The first-order valence-electron chi connectivity index (χ1n) is 7.97. The molecule has 0 atom stereocenters. The van der Waals surface area contributed by atoms with Gasteiger partial charge in [0.2, 0.25) is 0 Å². The summed E-state index contributed by atoms with van der Waals surface area (Å²) < 4.78 is 10.8. The van der Waals surface area contributed by atoms with Crippen molar-refractivity contribution in [2.24, 2.45) is 0 Å². The molecule has 0 heterocycles. The molecular weight excluding hydrogens is 320 g/mol. The van der Waals surface area contributed by atoms with E-state index in [4.69, 9.17) is 9.47 Å². The molecule has 0 aliphatic carbocycles. The Balaban J connectivity index is 1.94. The number of rotatable bonds is 6. The molecule has 2 aromatic rings. The molecule has 25 heavy (non-hydrogen) atoms. The molecule has 132 valence electrons. The molecule has 6 nitrogen and oxygen atoms in total. The number of hydrogen-bond donors (Lipinski definition) is 2. The third-order valence-corrected chi connectivity index (χ3v) is 3.31. The second-order valence-corrected chi connectivity index (χ2v) is 5.64. The van der Waals surface area contributed by atoms with Crippen LogP contribution in [0.1, 0.15) is 19.4 Å². The van der Waals surface area contributed by atoms with Gasteiger partial charge in [0.15, 0.2) is 0 Å². The predicted octanol–water partition coefficient (Wildman–Crippen LogP) is 2.74. The van der Waals surface area contributed by atoms with Gasteiger partial charge in [-0.3, -0.25) is 9.59 Å². The molecule has 0 fully saturated rings. The van der Waals surface area contributed by atoms with E-state index in [1.807, 2.05) is 38.1 Å². The summed E-state index contributed by atoms with van der Waals surface area (Å²) in [6.07, 6.45) is 0.0215. The van der Waals surface area contributed by atoms with Crippen LogP contribution >= 0.6 is 0 Å². The minimum atomic E-state index is -0.740. The van der Waals surface area contributed by atoms with Gasteiger partial charge >= 0.3 is 11.8 Å². The molecule has 2 N–H and O–H groups in total. The molecule has 0 aliphatic rings. The summed E-state index contributed by atoms with van der Waals surface area (Å²) >= 11 is 0. The standard InChI is InChI=1S/C19H22N2O4/c1-13(2)25-17-10-5-4-7-14(17)12-20-18(22)19(23)21-15-8-6-9-16(11-15)24-3/h4-11,13H,12H2,1-3H3,(H,20,22)(H,21,23). The molecule has 0 saturated heterocycles. The fourth-order valence-electron chi connectivity index (χ4n) is 2.16. The second-order valence-electron chi connectivity index (χ2n) is 5.64. The van der Waals surface area contributed by atoms with Gasteiger partial charge in [0.1, 0.15) is 11.5 Å². The Morgan fingerprint density at radius 3 is 2.52 bits per heavy atom. The van der Waals surface area contributed by atoms with Crippen LogP contribution in [0, 0.1) is 0 Å². The lowest BCUT2D eigenvalue weighted by molar-refractivity contribution is -0.136. The van der Waals surface area contributed by atoms with Gasteiger partial charge in [-0.15, -0.1) is 0 Å². The number of carbonyl (C=O) groups is 2. The Kier molecular flexibility index (Phi) is 6.39. The molecule has 6 heteroatoms. The van der Waals surface area contributed by atoms with Crippen molar-refractivity contribution in [3.8, 4) is 11.5 Å². The maximum absolute atomic E-state index is 12.0. The van der Waals surface area contributed by atoms with Gasteiger partial charge < -0.3 is 20.1 Å². The highest BCUT2D eigenvalue weighted by molar-refractivity contribution is 6.39. The van der Waals surface area contributed by atoms with Crippen molar-refractivity contribution >= 4 is 17.5 Å². The van der Waals surface area contributed by atoms with E-state index in [2.05, 4.69) is 10.6 Å². The van der Waals surface area contributed by atoms with Crippen molar-refractivity contribution in [2.45, 2.75) is 26.5 Å². The number of amides is 2. The number of nitrogens with one attached hydrogen (secondary N) is 2. The van der Waals surface area contributed by atoms with E-state index in [-0.39, 0.29) is 12.6 Å². The average Bonchev–Trinajstić information content (AvgIpc) is 2.60. The number of ether oxygens (including phenoxy) is 2. The Hall–Kier alpha value is -3.02. The molecule has 0 bridgehead atoms. The van der Waals surface area contributed by atoms with E-state index in [0.717, 1.165) is 5.56 Å².